The van der Waals surface area contributed by atoms with Gasteiger partial charge in [-0.3, -0.25) is 14.0 Å². The molecule has 1 N–H and O–H groups in total. The van der Waals surface area contributed by atoms with Crippen LogP contribution in [0.4, 0.5) is 5.69 Å². The van der Waals surface area contributed by atoms with Gasteiger partial charge in [0.2, 0.25) is 0 Å². The van der Waals surface area contributed by atoms with Crippen LogP contribution in [0.5, 0.6) is 0 Å². The highest BCUT2D eigenvalue weighted by Gasteiger charge is 2.13. The van der Waals surface area contributed by atoms with E-state index < -0.39 is 5.91 Å². The third-order valence-electron chi connectivity index (χ3n) is 4.86. The van der Waals surface area contributed by atoms with Crippen molar-refractivity contribution >= 4 is 28.2 Å². The lowest BCUT2D eigenvalue weighted by Crippen LogP contribution is -2.21. The van der Waals surface area contributed by atoms with Crippen LogP contribution in [0.25, 0.3) is 16.6 Å². The van der Waals surface area contributed by atoms with E-state index in [1.54, 1.807) is 60.8 Å². The van der Waals surface area contributed by atoms with Crippen LogP contribution in [0, 0.1) is 0 Å². The Kier molecular flexibility index (Phi) is 4.44. The molecule has 0 saturated carbocycles. The number of carbonyl (C=O) groups is 1. The van der Waals surface area contributed by atoms with Gasteiger partial charge in [-0.1, -0.05) is 30.3 Å². The molecule has 152 valence electrons. The number of para-hydroxylation sites is 1. The minimum Gasteiger partial charge on any atom is -0.451 e. The van der Waals surface area contributed by atoms with E-state index in [9.17, 15) is 14.4 Å². The van der Waals surface area contributed by atoms with E-state index in [1.807, 2.05) is 12.1 Å². The van der Waals surface area contributed by atoms with Gasteiger partial charge >= 0.3 is 5.69 Å². The number of aromatic nitrogens is 3. The Hall–Kier alpha value is -4.46. The lowest BCUT2D eigenvalue weighted by molar-refractivity contribution is 0.0997. The molecule has 1 amide bonds. The van der Waals surface area contributed by atoms with Crippen LogP contribution in [-0.4, -0.2) is 20.1 Å². The highest BCUT2D eigenvalue weighted by atomic mass is 16.3. The molecule has 0 fully saturated rings. The van der Waals surface area contributed by atoms with Crippen molar-refractivity contribution in [1.82, 2.24) is 14.2 Å². The van der Waals surface area contributed by atoms with Crippen molar-refractivity contribution in [3.8, 4) is 0 Å². The summed E-state index contributed by atoms with van der Waals surface area (Å²) >= 11 is 0. The van der Waals surface area contributed by atoms with Gasteiger partial charge in [-0.2, -0.15) is 0 Å². The van der Waals surface area contributed by atoms with Gasteiger partial charge in [0.25, 0.3) is 5.91 Å². The Bertz CT molecular complexity index is 1560. The number of carbonyl (C=O) groups excluding carboxylic acids is 1. The first-order chi connectivity index (χ1) is 15.1. The molecule has 8 heteroatoms. The number of amides is 1. The van der Waals surface area contributed by atoms with E-state index in [0.717, 1.165) is 5.56 Å². The van der Waals surface area contributed by atoms with Gasteiger partial charge in [-0.05, 0) is 42.0 Å². The third kappa shape index (κ3) is 3.51. The van der Waals surface area contributed by atoms with Crippen molar-refractivity contribution < 1.29 is 9.21 Å². The molecule has 5 rings (SSSR count). The van der Waals surface area contributed by atoms with Crippen LogP contribution in [-0.2, 0) is 6.54 Å². The molecule has 0 aliphatic heterocycles. The first-order valence-corrected chi connectivity index (χ1v) is 9.56. The number of anilines is 1. The van der Waals surface area contributed by atoms with Gasteiger partial charge in [0.05, 0.1) is 11.9 Å². The summed E-state index contributed by atoms with van der Waals surface area (Å²) in [5, 5.41) is 7.46. The fourth-order valence-electron chi connectivity index (χ4n) is 3.40. The summed E-state index contributed by atoms with van der Waals surface area (Å²) in [6, 6.07) is 20.3. The van der Waals surface area contributed by atoms with Crippen molar-refractivity contribution in [2.45, 2.75) is 6.54 Å². The minimum atomic E-state index is -0.537. The predicted molar refractivity (Wildman–Crippen MR) is 115 cm³/mol. The smallest absolute Gasteiger partial charge is 0.350 e. The Balaban J connectivity index is 1.40. The summed E-state index contributed by atoms with van der Waals surface area (Å²) in [5.41, 5.74) is 1.66. The minimum absolute atomic E-state index is 0.0781. The number of pyridine rings is 1. The molecule has 3 heterocycles. The zero-order valence-corrected chi connectivity index (χ0v) is 16.2. The summed E-state index contributed by atoms with van der Waals surface area (Å²) in [4.78, 5) is 37.3. The maximum atomic E-state index is 12.6. The van der Waals surface area contributed by atoms with E-state index in [0.29, 0.717) is 22.3 Å². The monoisotopic (exact) mass is 412 g/mol. The molecular weight excluding hydrogens is 396 g/mol. The van der Waals surface area contributed by atoms with E-state index in [1.165, 1.54) is 15.1 Å². The molecule has 0 spiro atoms. The summed E-state index contributed by atoms with van der Waals surface area (Å²) in [5.74, 6) is -0.615. The highest BCUT2D eigenvalue weighted by molar-refractivity contribution is 6.03. The first-order valence-electron chi connectivity index (χ1n) is 9.56. The molecule has 0 radical (unpaired) electrons. The number of hydrogen-bond acceptors (Lipinski definition) is 5. The van der Waals surface area contributed by atoms with E-state index >= 15 is 0 Å². The molecular formula is C23H16N4O4. The molecule has 3 aromatic heterocycles. The second-order valence-electron chi connectivity index (χ2n) is 6.99. The normalized spacial score (nSPS) is 11.1. The SMILES string of the molecule is O=C(Nc1cccc(Cn2nc3ccccn3c2=O)c1)c1cc(=O)c2ccccc2o1. The van der Waals surface area contributed by atoms with Crippen LogP contribution in [0.2, 0.25) is 0 Å². The Labute approximate surface area is 175 Å². The Morgan fingerprint density at radius 1 is 0.968 bits per heavy atom. The van der Waals surface area contributed by atoms with Gasteiger partial charge in [0.1, 0.15) is 5.58 Å². The standard InChI is InChI=1S/C23H16N4O4/c28-18-13-20(31-19-9-2-1-8-17(18)19)22(29)24-16-7-5-6-15(12-16)14-27-23(30)26-11-4-3-10-21(26)25-27/h1-13H,14H2,(H,24,29). The zero-order chi connectivity index (χ0) is 21.4. The topological polar surface area (TPSA) is 98.6 Å². The molecule has 0 saturated heterocycles. The molecule has 0 aliphatic rings. The number of nitrogens with zero attached hydrogens (tertiary/aromatic N) is 3. The molecule has 5 aromatic rings. The van der Waals surface area contributed by atoms with Gasteiger partial charge < -0.3 is 9.73 Å². The largest absolute Gasteiger partial charge is 0.451 e. The molecule has 0 atom stereocenters. The van der Waals surface area contributed by atoms with Crippen LogP contribution >= 0.6 is 0 Å². The van der Waals surface area contributed by atoms with Gasteiger partial charge in [-0.15, -0.1) is 5.10 Å². The first kappa shape index (κ1) is 18.6. The molecule has 0 bridgehead atoms. The summed E-state index contributed by atoms with van der Waals surface area (Å²) in [6.45, 7) is 0.245. The van der Waals surface area contributed by atoms with Crippen molar-refractivity contribution in [2.24, 2.45) is 0 Å². The fourth-order valence-corrected chi connectivity index (χ4v) is 3.40. The number of hydrogen-bond donors (Lipinski definition) is 1. The second-order valence-corrected chi connectivity index (χ2v) is 6.99. The van der Waals surface area contributed by atoms with Crippen LogP contribution < -0.4 is 16.4 Å². The van der Waals surface area contributed by atoms with Crippen LogP contribution in [0.1, 0.15) is 16.1 Å². The molecule has 0 unspecified atom stereocenters. The zero-order valence-electron chi connectivity index (χ0n) is 16.2. The van der Waals surface area contributed by atoms with Gasteiger partial charge in [0.15, 0.2) is 16.8 Å². The summed E-state index contributed by atoms with van der Waals surface area (Å²) in [7, 11) is 0. The van der Waals surface area contributed by atoms with Crippen LogP contribution in [0.15, 0.2) is 93.0 Å². The fraction of sp³-hybridized carbons (Fsp3) is 0.0435. The molecule has 0 aliphatic carbocycles. The summed E-state index contributed by atoms with van der Waals surface area (Å²) < 4.78 is 8.41. The second kappa shape index (κ2) is 7.42. The van der Waals surface area contributed by atoms with Gasteiger partial charge in [0, 0.05) is 18.0 Å². The van der Waals surface area contributed by atoms with Gasteiger partial charge in [-0.25, -0.2) is 9.48 Å². The number of rotatable bonds is 4. The van der Waals surface area contributed by atoms with E-state index in [4.69, 9.17) is 4.42 Å². The molecule has 2 aromatic carbocycles. The lowest BCUT2D eigenvalue weighted by atomic mass is 10.2. The quantitative estimate of drug-likeness (QED) is 0.489. The maximum absolute atomic E-state index is 12.6. The van der Waals surface area contributed by atoms with Crippen molar-refractivity contribution in [1.29, 1.82) is 0 Å². The van der Waals surface area contributed by atoms with E-state index in [2.05, 4.69) is 10.4 Å². The molecule has 31 heavy (non-hydrogen) atoms. The Morgan fingerprint density at radius 2 is 1.81 bits per heavy atom. The number of fused-ring (bicyclic) bond motifs is 2. The Morgan fingerprint density at radius 3 is 2.68 bits per heavy atom. The van der Waals surface area contributed by atoms with Crippen molar-refractivity contribution in [2.75, 3.05) is 5.32 Å². The highest BCUT2D eigenvalue weighted by Crippen LogP contribution is 2.15. The maximum Gasteiger partial charge on any atom is 0.350 e. The number of nitrogens with one attached hydrogen (secondary N) is 1. The average Bonchev–Trinajstić information content (AvgIpc) is 3.09. The predicted octanol–water partition coefficient (Wildman–Crippen LogP) is 2.90. The van der Waals surface area contributed by atoms with Crippen molar-refractivity contribution in [3.63, 3.8) is 0 Å². The summed E-state index contributed by atoms with van der Waals surface area (Å²) in [6.07, 6.45) is 1.66. The average molecular weight is 412 g/mol. The van der Waals surface area contributed by atoms with E-state index in [-0.39, 0.29) is 23.4 Å². The third-order valence-corrected chi connectivity index (χ3v) is 4.86. The van der Waals surface area contributed by atoms with Crippen LogP contribution in [0.3, 0.4) is 0 Å². The number of benzene rings is 2. The molecule has 8 nitrogen and oxygen atoms in total. The van der Waals surface area contributed by atoms with Crippen molar-refractivity contribution in [3.05, 3.63) is 111 Å². The lowest BCUT2D eigenvalue weighted by Gasteiger charge is -2.07.